The lowest BCUT2D eigenvalue weighted by molar-refractivity contribution is -0.308. The summed E-state index contributed by atoms with van der Waals surface area (Å²) in [5, 5.41) is 3.61. The number of rotatable bonds is 5. The molecule has 15 heteroatoms. The van der Waals surface area contributed by atoms with Gasteiger partial charge in [0.25, 0.3) is 6.10 Å². The van der Waals surface area contributed by atoms with E-state index in [1.165, 1.54) is 0 Å². The van der Waals surface area contributed by atoms with Crippen LogP contribution in [-0.4, -0.2) is 110 Å². The third-order valence-electron chi connectivity index (χ3n) is 6.96. The topological polar surface area (TPSA) is 68.4 Å². The summed E-state index contributed by atoms with van der Waals surface area (Å²) < 4.78 is 80.2. The van der Waals surface area contributed by atoms with Gasteiger partial charge in [0, 0.05) is 69.6 Å². The van der Waals surface area contributed by atoms with Crippen molar-refractivity contribution in [1.29, 1.82) is 0 Å². The number of nitrogens with one attached hydrogen (secondary N) is 1. The van der Waals surface area contributed by atoms with Gasteiger partial charge in [0.05, 0.1) is 12.6 Å². The first kappa shape index (κ1) is 28.6. The normalized spacial score (nSPS) is 21.9. The molecule has 0 radical (unpaired) electrons. The maximum Gasteiger partial charge on any atom is 0.434 e. The molecule has 0 spiro atoms. The first-order valence-corrected chi connectivity index (χ1v) is 12.6. The molecule has 8 nitrogen and oxygen atoms in total. The van der Waals surface area contributed by atoms with Crippen LogP contribution in [0.3, 0.4) is 0 Å². The van der Waals surface area contributed by atoms with Crippen molar-refractivity contribution in [2.24, 2.45) is 0 Å². The third kappa shape index (κ3) is 6.75. The van der Waals surface area contributed by atoms with Crippen molar-refractivity contribution in [3.63, 3.8) is 0 Å². The Labute approximate surface area is 220 Å². The predicted octanol–water partition coefficient (Wildman–Crippen LogP) is 3.10. The highest BCUT2D eigenvalue weighted by Gasteiger charge is 2.60. The third-order valence-corrected chi connectivity index (χ3v) is 7.19. The molecule has 1 atom stereocenters. The van der Waals surface area contributed by atoms with Crippen LogP contribution >= 0.6 is 11.6 Å². The van der Waals surface area contributed by atoms with E-state index in [-0.39, 0.29) is 38.1 Å². The Hall–Kier alpha value is -2.45. The van der Waals surface area contributed by atoms with Gasteiger partial charge in [-0.25, -0.2) is 4.79 Å². The van der Waals surface area contributed by atoms with Gasteiger partial charge in [-0.15, -0.1) is 0 Å². The first-order valence-electron chi connectivity index (χ1n) is 12.2. The van der Waals surface area contributed by atoms with Crippen LogP contribution in [0, 0.1) is 0 Å². The van der Waals surface area contributed by atoms with Gasteiger partial charge in [-0.2, -0.15) is 26.3 Å². The molecule has 1 aromatic rings. The summed E-state index contributed by atoms with van der Waals surface area (Å²) in [6.07, 6.45) is -16.5. The number of carbonyl (C=O) groups excluding carboxylic acids is 2. The zero-order valence-corrected chi connectivity index (χ0v) is 21.1. The number of nitrogens with zero attached hydrogens (tertiary/aromatic N) is 4. The molecule has 3 heterocycles. The lowest BCUT2D eigenvalue weighted by Crippen LogP contribution is -2.53. The Morgan fingerprint density at radius 1 is 1.05 bits per heavy atom. The summed E-state index contributed by atoms with van der Waals surface area (Å²) >= 11 is 6.27. The maximum atomic E-state index is 12.7. The zero-order chi connectivity index (χ0) is 27.7. The van der Waals surface area contributed by atoms with Crippen LogP contribution in [0.5, 0.6) is 0 Å². The lowest BCUT2D eigenvalue weighted by Gasteiger charge is -2.36. The fraction of sp³-hybridized carbons (Fsp3) is 0.652. The standard InChI is InChI=1S/C23H28ClF6N5O3/c24-16-2-1-15(18(11-16)34-5-3-17(14-34)35-6-4-31-12-19(35)36)13-32-7-9-33(10-8-32)21(37)38-20(22(25,26)27)23(28,29)30/h1-2,11,17,20,31H,3-10,12-14H2/t17-/m0/s1. The van der Waals surface area contributed by atoms with Crippen LogP contribution in [-0.2, 0) is 16.1 Å². The van der Waals surface area contributed by atoms with Crippen LogP contribution in [0.1, 0.15) is 12.0 Å². The average Bonchev–Trinajstić information content (AvgIpc) is 3.32. The second-order valence-corrected chi connectivity index (χ2v) is 9.97. The Balaban J connectivity index is 1.35. The van der Waals surface area contributed by atoms with Crippen LogP contribution in [0.4, 0.5) is 36.8 Å². The monoisotopic (exact) mass is 571 g/mol. The van der Waals surface area contributed by atoms with Gasteiger partial charge in [-0.05, 0) is 24.1 Å². The van der Waals surface area contributed by atoms with E-state index in [9.17, 15) is 35.9 Å². The smallest absolute Gasteiger partial charge is 0.426 e. The molecule has 0 aliphatic carbocycles. The van der Waals surface area contributed by atoms with Gasteiger partial charge in [0.2, 0.25) is 5.91 Å². The summed E-state index contributed by atoms with van der Waals surface area (Å²) in [4.78, 5) is 31.2. The highest BCUT2D eigenvalue weighted by molar-refractivity contribution is 6.30. The van der Waals surface area contributed by atoms with E-state index in [0.29, 0.717) is 31.2 Å². The molecule has 1 aromatic carbocycles. The van der Waals surface area contributed by atoms with E-state index in [4.69, 9.17) is 11.6 Å². The molecule has 0 aromatic heterocycles. The molecule has 3 fully saturated rings. The van der Waals surface area contributed by atoms with Crippen molar-refractivity contribution in [3.05, 3.63) is 28.8 Å². The van der Waals surface area contributed by atoms with Gasteiger partial charge in [0.15, 0.2) is 0 Å². The number of halogens is 7. The SMILES string of the molecule is O=C(OC(C(F)(F)F)C(F)(F)F)N1CCN(Cc2ccc(Cl)cc2N2CC[C@H](N3CCNCC3=O)C2)CC1. The van der Waals surface area contributed by atoms with Crippen LogP contribution < -0.4 is 10.2 Å². The molecule has 3 saturated heterocycles. The minimum atomic E-state index is -5.76. The number of hydrogen-bond donors (Lipinski definition) is 1. The lowest BCUT2D eigenvalue weighted by atomic mass is 10.1. The molecule has 1 N–H and O–H groups in total. The number of piperazine rings is 2. The van der Waals surface area contributed by atoms with Crippen molar-refractivity contribution in [3.8, 4) is 0 Å². The van der Waals surface area contributed by atoms with E-state index in [1.807, 2.05) is 21.9 Å². The summed E-state index contributed by atoms with van der Waals surface area (Å²) in [6, 6.07) is 5.55. The van der Waals surface area contributed by atoms with Crippen LogP contribution in [0.25, 0.3) is 0 Å². The largest absolute Gasteiger partial charge is 0.434 e. The van der Waals surface area contributed by atoms with Crippen molar-refractivity contribution < 1.29 is 40.7 Å². The number of anilines is 1. The minimum Gasteiger partial charge on any atom is -0.426 e. The van der Waals surface area contributed by atoms with Gasteiger partial charge in [-0.1, -0.05) is 17.7 Å². The Bertz CT molecular complexity index is 1000. The van der Waals surface area contributed by atoms with Gasteiger partial charge in [-0.3, -0.25) is 9.69 Å². The molecule has 38 heavy (non-hydrogen) atoms. The van der Waals surface area contributed by atoms with E-state index in [0.717, 1.165) is 35.7 Å². The summed E-state index contributed by atoms with van der Waals surface area (Å²) in [5.74, 6) is 0.0719. The molecular formula is C23H28ClF6N5O3. The van der Waals surface area contributed by atoms with Crippen LogP contribution in [0.2, 0.25) is 5.02 Å². The first-order chi connectivity index (χ1) is 17.8. The van der Waals surface area contributed by atoms with Crippen molar-refractivity contribution >= 4 is 29.3 Å². The quantitative estimate of drug-likeness (QED) is 0.548. The minimum absolute atomic E-state index is 0.0719. The highest BCUT2D eigenvalue weighted by atomic mass is 35.5. The molecule has 3 aliphatic heterocycles. The fourth-order valence-corrected chi connectivity index (χ4v) is 5.18. The molecule has 0 unspecified atom stereocenters. The molecule has 0 saturated carbocycles. The van der Waals surface area contributed by atoms with Crippen molar-refractivity contribution in [2.75, 3.05) is 63.8 Å². The average molecular weight is 572 g/mol. The number of ether oxygens (including phenoxy) is 1. The molecule has 0 bridgehead atoms. The number of alkyl halides is 6. The predicted molar refractivity (Wildman–Crippen MR) is 126 cm³/mol. The summed E-state index contributed by atoms with van der Waals surface area (Å²) in [5.41, 5.74) is 1.84. The van der Waals surface area contributed by atoms with Crippen molar-refractivity contribution in [1.82, 2.24) is 20.0 Å². The fourth-order valence-electron chi connectivity index (χ4n) is 5.01. The van der Waals surface area contributed by atoms with Gasteiger partial charge < -0.3 is 24.8 Å². The molecule has 212 valence electrons. The number of amides is 2. The Morgan fingerprint density at radius 3 is 2.37 bits per heavy atom. The molecule has 4 rings (SSSR count). The molecule has 2 amide bonds. The highest BCUT2D eigenvalue weighted by Crippen LogP contribution is 2.36. The maximum absolute atomic E-state index is 12.7. The number of hydrogen-bond acceptors (Lipinski definition) is 6. The van der Waals surface area contributed by atoms with E-state index >= 15 is 0 Å². The zero-order valence-electron chi connectivity index (χ0n) is 20.3. The number of benzene rings is 1. The Kier molecular flexibility index (Phi) is 8.52. The number of carbonyl (C=O) groups is 2. The van der Waals surface area contributed by atoms with Gasteiger partial charge >= 0.3 is 18.4 Å². The summed E-state index contributed by atoms with van der Waals surface area (Å²) in [7, 11) is 0. The molecular weight excluding hydrogens is 544 g/mol. The van der Waals surface area contributed by atoms with Crippen molar-refractivity contribution in [2.45, 2.75) is 37.5 Å². The van der Waals surface area contributed by atoms with Gasteiger partial charge in [0.1, 0.15) is 0 Å². The molecule has 3 aliphatic rings. The second kappa shape index (κ2) is 11.3. The van der Waals surface area contributed by atoms with E-state index < -0.39 is 24.5 Å². The van der Waals surface area contributed by atoms with Crippen LogP contribution in [0.15, 0.2) is 18.2 Å². The van der Waals surface area contributed by atoms with E-state index in [1.54, 1.807) is 6.07 Å². The summed E-state index contributed by atoms with van der Waals surface area (Å²) in [6.45, 7) is 3.85. The Morgan fingerprint density at radius 2 is 1.74 bits per heavy atom. The second-order valence-electron chi connectivity index (χ2n) is 9.54. The van der Waals surface area contributed by atoms with E-state index in [2.05, 4.69) is 15.0 Å².